The Morgan fingerprint density at radius 3 is 2.76 bits per heavy atom. The molecule has 21 heavy (non-hydrogen) atoms. The Labute approximate surface area is 121 Å². The first kappa shape index (κ1) is 14.8. The summed E-state index contributed by atoms with van der Waals surface area (Å²) in [6, 6.07) is 3.04. The van der Waals surface area contributed by atoms with Crippen LogP contribution in [0.5, 0.6) is 0 Å². The molecule has 1 amide bonds. The molecule has 2 aromatic heterocycles. The summed E-state index contributed by atoms with van der Waals surface area (Å²) in [6.07, 6.45) is 1.60. The number of hydrazine groups is 1. The normalized spacial score (nSPS) is 10.5. The van der Waals surface area contributed by atoms with Crippen molar-refractivity contribution >= 4 is 11.6 Å². The van der Waals surface area contributed by atoms with Gasteiger partial charge < -0.3 is 9.32 Å². The Hall–Kier alpha value is -2.61. The van der Waals surface area contributed by atoms with Crippen LogP contribution < -0.4 is 21.7 Å². The molecule has 0 bridgehead atoms. The lowest BCUT2D eigenvalue weighted by atomic mass is 10.2. The molecule has 3 N–H and O–H groups in total. The van der Waals surface area contributed by atoms with Gasteiger partial charge in [-0.25, -0.2) is 10.5 Å². The van der Waals surface area contributed by atoms with E-state index >= 15 is 0 Å². The number of hydrogen-bond acceptors (Lipinski definition) is 6. The molecule has 0 aliphatic carbocycles. The van der Waals surface area contributed by atoms with E-state index in [-0.39, 0.29) is 17.9 Å². The number of nitrogens with two attached hydrogens (primary N) is 1. The number of rotatable bonds is 4. The number of aromatic nitrogens is 2. The molecule has 0 unspecified atom stereocenters. The Bertz CT molecular complexity index is 717. The van der Waals surface area contributed by atoms with Crippen LogP contribution in [0.3, 0.4) is 0 Å². The molecule has 0 spiro atoms. The van der Waals surface area contributed by atoms with Gasteiger partial charge in [-0.15, -0.1) is 0 Å². The SMILES string of the molecule is Cc1oc(C(=O)NN)cc1Cn1ncc(N(C)C)cc1=O. The minimum absolute atomic E-state index is 0.1000. The number of furan rings is 1. The maximum atomic E-state index is 12.0. The quantitative estimate of drug-likeness (QED) is 0.461. The Kier molecular flexibility index (Phi) is 4.08. The van der Waals surface area contributed by atoms with Crippen molar-refractivity contribution in [3.8, 4) is 0 Å². The molecule has 2 rings (SSSR count). The third kappa shape index (κ3) is 3.11. The maximum absolute atomic E-state index is 12.0. The summed E-state index contributed by atoms with van der Waals surface area (Å²) in [7, 11) is 3.66. The minimum Gasteiger partial charge on any atom is -0.456 e. The first-order valence-corrected chi connectivity index (χ1v) is 6.27. The number of hydrogen-bond donors (Lipinski definition) is 2. The summed E-state index contributed by atoms with van der Waals surface area (Å²) in [4.78, 5) is 25.2. The highest BCUT2D eigenvalue weighted by molar-refractivity contribution is 5.91. The standard InChI is InChI=1S/C13H17N5O3/c1-8-9(4-11(21-8)13(20)16-14)7-18-12(19)5-10(6-15-18)17(2)3/h4-6H,7,14H2,1-3H3,(H,16,20). The summed E-state index contributed by atoms with van der Waals surface area (Å²) in [5.74, 6) is 5.17. The van der Waals surface area contributed by atoms with E-state index < -0.39 is 5.91 Å². The topological polar surface area (TPSA) is 106 Å². The second-order valence-electron chi connectivity index (χ2n) is 4.77. The molecule has 0 aromatic carbocycles. The number of nitrogens with one attached hydrogen (secondary N) is 1. The van der Waals surface area contributed by atoms with Crippen molar-refractivity contribution < 1.29 is 9.21 Å². The zero-order chi connectivity index (χ0) is 15.6. The fourth-order valence-electron chi connectivity index (χ4n) is 1.81. The fourth-order valence-corrected chi connectivity index (χ4v) is 1.81. The molecule has 0 saturated carbocycles. The molecule has 0 saturated heterocycles. The molecule has 0 atom stereocenters. The third-order valence-corrected chi connectivity index (χ3v) is 3.07. The molecule has 112 valence electrons. The summed E-state index contributed by atoms with van der Waals surface area (Å²) in [6.45, 7) is 1.93. The van der Waals surface area contributed by atoms with Crippen molar-refractivity contribution in [3.63, 3.8) is 0 Å². The summed E-state index contributed by atoms with van der Waals surface area (Å²) >= 11 is 0. The first-order valence-electron chi connectivity index (χ1n) is 6.27. The van der Waals surface area contributed by atoms with Crippen LogP contribution in [0, 0.1) is 6.92 Å². The second-order valence-corrected chi connectivity index (χ2v) is 4.77. The molecule has 8 nitrogen and oxygen atoms in total. The van der Waals surface area contributed by atoms with Crippen LogP contribution in [0.4, 0.5) is 5.69 Å². The van der Waals surface area contributed by atoms with E-state index in [1.807, 2.05) is 19.5 Å². The largest absolute Gasteiger partial charge is 0.456 e. The number of anilines is 1. The van der Waals surface area contributed by atoms with E-state index in [1.165, 1.54) is 10.7 Å². The Morgan fingerprint density at radius 2 is 2.19 bits per heavy atom. The predicted octanol–water partition coefficient (Wildman–Crippen LogP) is -0.137. The van der Waals surface area contributed by atoms with Gasteiger partial charge in [-0.3, -0.25) is 15.0 Å². The lowest BCUT2D eigenvalue weighted by Crippen LogP contribution is -2.29. The van der Waals surface area contributed by atoms with Crippen LogP contribution in [-0.2, 0) is 6.54 Å². The van der Waals surface area contributed by atoms with Crippen molar-refractivity contribution in [2.75, 3.05) is 19.0 Å². The average molecular weight is 291 g/mol. The van der Waals surface area contributed by atoms with Crippen LogP contribution in [-0.4, -0.2) is 29.8 Å². The van der Waals surface area contributed by atoms with E-state index in [2.05, 4.69) is 5.10 Å². The van der Waals surface area contributed by atoms with E-state index in [0.29, 0.717) is 11.3 Å². The van der Waals surface area contributed by atoms with E-state index in [9.17, 15) is 9.59 Å². The number of nitrogens with zero attached hydrogens (tertiary/aromatic N) is 3. The minimum atomic E-state index is -0.521. The summed E-state index contributed by atoms with van der Waals surface area (Å²) < 4.78 is 6.60. The van der Waals surface area contributed by atoms with Crippen LogP contribution >= 0.6 is 0 Å². The third-order valence-electron chi connectivity index (χ3n) is 3.07. The first-order chi connectivity index (χ1) is 9.92. The molecule has 0 aliphatic rings. The molecule has 2 heterocycles. The van der Waals surface area contributed by atoms with Gasteiger partial charge >= 0.3 is 5.91 Å². The highest BCUT2D eigenvalue weighted by atomic mass is 16.4. The second kappa shape index (κ2) is 5.80. The van der Waals surface area contributed by atoms with Crippen molar-refractivity contribution in [2.45, 2.75) is 13.5 Å². The van der Waals surface area contributed by atoms with Crippen LogP contribution in [0.2, 0.25) is 0 Å². The van der Waals surface area contributed by atoms with E-state index in [1.54, 1.807) is 24.1 Å². The average Bonchev–Trinajstić information content (AvgIpc) is 2.81. The van der Waals surface area contributed by atoms with Crippen molar-refractivity contribution in [2.24, 2.45) is 5.84 Å². The van der Waals surface area contributed by atoms with Gasteiger partial charge in [-0.2, -0.15) is 5.10 Å². The Balaban J connectivity index is 2.28. The molecule has 0 aliphatic heterocycles. The highest BCUT2D eigenvalue weighted by Gasteiger charge is 2.14. The fraction of sp³-hybridized carbons (Fsp3) is 0.308. The summed E-state index contributed by atoms with van der Waals surface area (Å²) in [5.41, 5.74) is 3.19. The number of nitrogen functional groups attached to an aromatic ring is 1. The molecule has 8 heteroatoms. The number of carbonyl (C=O) groups is 1. The van der Waals surface area contributed by atoms with Gasteiger partial charge in [0.15, 0.2) is 5.76 Å². The number of carbonyl (C=O) groups excluding carboxylic acids is 1. The summed E-state index contributed by atoms with van der Waals surface area (Å²) in [5, 5.41) is 4.11. The van der Waals surface area contributed by atoms with Gasteiger partial charge in [0, 0.05) is 25.7 Å². The van der Waals surface area contributed by atoms with Crippen LogP contribution in [0.25, 0.3) is 0 Å². The zero-order valence-corrected chi connectivity index (χ0v) is 12.1. The molecule has 0 radical (unpaired) electrons. The van der Waals surface area contributed by atoms with Gasteiger partial charge in [0.25, 0.3) is 5.56 Å². The monoisotopic (exact) mass is 291 g/mol. The van der Waals surface area contributed by atoms with Crippen molar-refractivity contribution in [1.82, 2.24) is 15.2 Å². The van der Waals surface area contributed by atoms with E-state index in [4.69, 9.17) is 10.3 Å². The number of aryl methyl sites for hydroxylation is 1. The van der Waals surface area contributed by atoms with Gasteiger partial charge in [0.1, 0.15) is 5.76 Å². The van der Waals surface area contributed by atoms with Gasteiger partial charge in [0.05, 0.1) is 18.4 Å². The number of amides is 1. The van der Waals surface area contributed by atoms with Crippen LogP contribution in [0.15, 0.2) is 27.5 Å². The molecule has 0 fully saturated rings. The maximum Gasteiger partial charge on any atom is 0.300 e. The Morgan fingerprint density at radius 1 is 1.48 bits per heavy atom. The van der Waals surface area contributed by atoms with Crippen molar-refractivity contribution in [1.29, 1.82) is 0 Å². The molecular formula is C13H17N5O3. The van der Waals surface area contributed by atoms with Crippen molar-refractivity contribution in [3.05, 3.63) is 45.8 Å². The van der Waals surface area contributed by atoms with E-state index in [0.717, 1.165) is 5.69 Å². The van der Waals surface area contributed by atoms with Gasteiger partial charge in [-0.1, -0.05) is 0 Å². The van der Waals surface area contributed by atoms with Gasteiger partial charge in [0.2, 0.25) is 0 Å². The molecule has 2 aromatic rings. The lowest BCUT2D eigenvalue weighted by molar-refractivity contribution is 0.0924. The molecular weight excluding hydrogens is 274 g/mol. The zero-order valence-electron chi connectivity index (χ0n) is 12.1. The predicted molar refractivity (Wildman–Crippen MR) is 77.0 cm³/mol. The highest BCUT2D eigenvalue weighted by Crippen LogP contribution is 2.15. The van der Waals surface area contributed by atoms with Gasteiger partial charge in [-0.05, 0) is 13.0 Å². The smallest absolute Gasteiger partial charge is 0.300 e. The van der Waals surface area contributed by atoms with Crippen LogP contribution in [0.1, 0.15) is 21.9 Å². The lowest BCUT2D eigenvalue weighted by Gasteiger charge is -2.12.